The van der Waals surface area contributed by atoms with Crippen LogP contribution in [0.5, 0.6) is 0 Å². The number of hydrogen-bond donors (Lipinski definition) is 2. The van der Waals surface area contributed by atoms with Crippen LogP contribution in [0.1, 0.15) is 37.0 Å². The number of carbonyl (C=O) groups is 2. The van der Waals surface area contributed by atoms with Gasteiger partial charge in [0, 0.05) is 0 Å². The number of carbonyl (C=O) groups excluding carboxylic acids is 1. The first kappa shape index (κ1) is 22.4. The van der Waals surface area contributed by atoms with Gasteiger partial charge >= 0.3 is 12.1 Å². The minimum atomic E-state index is -0.758. The maximum atomic E-state index is 12.4. The van der Waals surface area contributed by atoms with Crippen LogP contribution in [0.15, 0.2) is 89.6 Å². The molecule has 1 aliphatic carbocycles. The molecule has 0 spiro atoms. The van der Waals surface area contributed by atoms with Gasteiger partial charge in [-0.2, -0.15) is 0 Å². The molecule has 176 valence electrons. The number of hydrogen-bond acceptors (Lipinski definition) is 5. The van der Waals surface area contributed by atoms with Crippen LogP contribution in [0.2, 0.25) is 0 Å². The number of aliphatic carboxylic acids is 1. The molecule has 0 aliphatic heterocycles. The predicted molar refractivity (Wildman–Crippen MR) is 131 cm³/mol. The molecule has 1 aromatic heterocycles. The largest absolute Gasteiger partial charge is 0.481 e. The van der Waals surface area contributed by atoms with E-state index >= 15 is 0 Å². The summed E-state index contributed by atoms with van der Waals surface area (Å²) in [4.78, 5) is 24.0. The van der Waals surface area contributed by atoms with Crippen LogP contribution in [-0.2, 0) is 14.9 Å². The second-order valence-corrected chi connectivity index (χ2v) is 8.69. The lowest BCUT2D eigenvalue weighted by Gasteiger charge is -2.13. The summed E-state index contributed by atoms with van der Waals surface area (Å²) in [5, 5.41) is 16.0. The van der Waals surface area contributed by atoms with Crippen molar-refractivity contribution in [3.63, 3.8) is 0 Å². The number of nitrogens with one attached hydrogen (secondary N) is 1. The van der Waals surface area contributed by atoms with Crippen LogP contribution >= 0.6 is 0 Å². The van der Waals surface area contributed by atoms with Crippen LogP contribution in [-0.4, -0.2) is 22.3 Å². The molecule has 4 aromatic rings. The molecule has 7 heteroatoms. The Hall–Kier alpha value is -4.39. The van der Waals surface area contributed by atoms with Crippen molar-refractivity contribution in [3.05, 3.63) is 96.2 Å². The zero-order valence-corrected chi connectivity index (χ0v) is 19.1. The smallest absolute Gasteiger partial charge is 0.414 e. The van der Waals surface area contributed by atoms with Gasteiger partial charge < -0.3 is 14.4 Å². The molecule has 1 aliphatic rings. The molecule has 5 rings (SSSR count). The van der Waals surface area contributed by atoms with E-state index < -0.39 is 23.6 Å². The highest BCUT2D eigenvalue weighted by Crippen LogP contribution is 2.48. The van der Waals surface area contributed by atoms with Crippen molar-refractivity contribution >= 4 is 17.9 Å². The van der Waals surface area contributed by atoms with Crippen molar-refractivity contribution in [3.8, 4) is 22.3 Å². The lowest BCUT2D eigenvalue weighted by molar-refractivity contribution is -0.140. The van der Waals surface area contributed by atoms with Gasteiger partial charge in [-0.1, -0.05) is 84.0 Å². The zero-order chi connectivity index (χ0) is 24.4. The summed E-state index contributed by atoms with van der Waals surface area (Å²) in [6.07, 6.45) is 1.86. The number of amides is 1. The minimum Gasteiger partial charge on any atom is -0.481 e. The molecular weight excluding hydrogens is 444 g/mol. The molecule has 1 saturated carbocycles. The fraction of sp³-hybridized carbons (Fsp3) is 0.179. The van der Waals surface area contributed by atoms with Crippen molar-refractivity contribution in [2.24, 2.45) is 0 Å². The van der Waals surface area contributed by atoms with E-state index in [1.807, 2.05) is 78.9 Å². The fourth-order valence-corrected chi connectivity index (χ4v) is 4.19. The van der Waals surface area contributed by atoms with Gasteiger partial charge in [-0.15, -0.1) is 0 Å². The van der Waals surface area contributed by atoms with E-state index in [4.69, 9.17) is 9.26 Å². The van der Waals surface area contributed by atoms with Crippen molar-refractivity contribution in [1.82, 2.24) is 5.16 Å². The Labute approximate surface area is 202 Å². The number of carboxylic acid groups (broad SMARTS) is 1. The van der Waals surface area contributed by atoms with Gasteiger partial charge in [0.2, 0.25) is 5.88 Å². The van der Waals surface area contributed by atoms with E-state index in [1.165, 1.54) is 0 Å². The second kappa shape index (κ2) is 9.10. The summed E-state index contributed by atoms with van der Waals surface area (Å²) >= 11 is 0. The Balaban J connectivity index is 1.27. The van der Waals surface area contributed by atoms with Crippen LogP contribution < -0.4 is 5.32 Å². The van der Waals surface area contributed by atoms with Gasteiger partial charge in [-0.05, 0) is 47.6 Å². The Morgan fingerprint density at radius 3 is 2.14 bits per heavy atom. The van der Waals surface area contributed by atoms with Crippen LogP contribution in [0, 0.1) is 0 Å². The van der Waals surface area contributed by atoms with Crippen LogP contribution in [0.4, 0.5) is 10.7 Å². The van der Waals surface area contributed by atoms with Crippen molar-refractivity contribution in [1.29, 1.82) is 0 Å². The Kier molecular flexibility index (Phi) is 5.82. The van der Waals surface area contributed by atoms with Gasteiger partial charge in [0.05, 0.1) is 17.2 Å². The summed E-state index contributed by atoms with van der Waals surface area (Å²) in [6.45, 7) is 1.80. The molecule has 2 N–H and O–H groups in total. The normalized spacial score (nSPS) is 14.7. The minimum absolute atomic E-state index is 0.204. The van der Waals surface area contributed by atoms with Gasteiger partial charge in [-0.3, -0.25) is 10.1 Å². The summed E-state index contributed by atoms with van der Waals surface area (Å²) < 4.78 is 10.7. The first-order valence-electron chi connectivity index (χ1n) is 11.4. The van der Waals surface area contributed by atoms with Gasteiger partial charge in [0.15, 0.2) is 0 Å². The number of benzene rings is 3. The number of carboxylic acids is 1. The van der Waals surface area contributed by atoms with E-state index in [0.717, 1.165) is 27.8 Å². The van der Waals surface area contributed by atoms with Gasteiger partial charge in [-0.25, -0.2) is 4.79 Å². The Morgan fingerprint density at radius 2 is 1.54 bits per heavy atom. The molecule has 1 fully saturated rings. The molecule has 1 atom stereocenters. The van der Waals surface area contributed by atoms with Crippen molar-refractivity contribution in [2.75, 3.05) is 5.32 Å². The van der Waals surface area contributed by atoms with Crippen LogP contribution in [0.3, 0.4) is 0 Å². The maximum Gasteiger partial charge on any atom is 0.414 e. The summed E-state index contributed by atoms with van der Waals surface area (Å²) in [6, 6.07) is 24.9. The first-order valence-corrected chi connectivity index (χ1v) is 11.4. The highest BCUT2D eigenvalue weighted by Gasteiger charge is 2.51. The molecule has 0 radical (unpaired) electrons. The number of rotatable bonds is 7. The Bertz CT molecular complexity index is 1340. The highest BCUT2D eigenvalue weighted by atomic mass is 16.6. The first-order chi connectivity index (χ1) is 17.0. The molecule has 0 saturated heterocycles. The SMILES string of the molecule is C[C@@H](OC(=O)Nc1oncc1-c1ccc(-c2ccc(C3(C(=O)O)CC3)cc2)cc1)c1ccccc1. The quantitative estimate of drug-likeness (QED) is 0.324. The van der Waals surface area contributed by atoms with E-state index in [1.54, 1.807) is 13.1 Å². The van der Waals surface area contributed by atoms with E-state index in [9.17, 15) is 14.7 Å². The zero-order valence-electron chi connectivity index (χ0n) is 19.1. The van der Waals surface area contributed by atoms with Crippen molar-refractivity contribution in [2.45, 2.75) is 31.3 Å². The average Bonchev–Trinajstić information content (AvgIpc) is 3.58. The maximum absolute atomic E-state index is 12.4. The lowest BCUT2D eigenvalue weighted by atomic mass is 9.93. The third-order valence-electron chi connectivity index (χ3n) is 6.46. The van der Waals surface area contributed by atoms with E-state index in [0.29, 0.717) is 18.4 Å². The number of nitrogens with zero attached hydrogens (tertiary/aromatic N) is 1. The molecule has 1 amide bonds. The topological polar surface area (TPSA) is 102 Å². The predicted octanol–water partition coefficient (Wildman–Crippen LogP) is 6.43. The number of ether oxygens (including phenoxy) is 1. The molecule has 7 nitrogen and oxygen atoms in total. The molecule has 3 aromatic carbocycles. The van der Waals surface area contributed by atoms with Crippen molar-refractivity contribution < 1.29 is 24.0 Å². The summed E-state index contributed by atoms with van der Waals surface area (Å²) in [7, 11) is 0. The molecule has 0 unspecified atom stereocenters. The van der Waals surface area contributed by atoms with Gasteiger partial charge in [0.25, 0.3) is 0 Å². The summed E-state index contributed by atoms with van der Waals surface area (Å²) in [5.41, 5.74) is 4.46. The molecule has 0 bridgehead atoms. The molecule has 35 heavy (non-hydrogen) atoms. The third-order valence-corrected chi connectivity index (χ3v) is 6.46. The monoisotopic (exact) mass is 468 g/mol. The van der Waals surface area contributed by atoms with Crippen LogP contribution in [0.25, 0.3) is 22.3 Å². The second-order valence-electron chi connectivity index (χ2n) is 8.69. The van der Waals surface area contributed by atoms with E-state index in [2.05, 4.69) is 10.5 Å². The standard InChI is InChI=1S/C28H24N2O5/c1-18(19-5-3-2-4-6-19)34-27(33)30-25-24(17-29-35-25)22-9-7-20(8-10-22)21-11-13-23(14-12-21)28(15-16-28)26(31)32/h2-14,17-18H,15-16H2,1H3,(H,30,33)(H,31,32)/t18-/m1/s1. The lowest BCUT2D eigenvalue weighted by Crippen LogP contribution is -2.19. The summed E-state index contributed by atoms with van der Waals surface area (Å²) in [5.74, 6) is -0.554. The van der Waals surface area contributed by atoms with E-state index in [-0.39, 0.29) is 5.88 Å². The third kappa shape index (κ3) is 4.53. The Morgan fingerprint density at radius 1 is 0.943 bits per heavy atom. The average molecular weight is 469 g/mol. The molecule has 1 heterocycles. The fourth-order valence-electron chi connectivity index (χ4n) is 4.19. The highest BCUT2D eigenvalue weighted by molar-refractivity contribution is 5.89. The molecular formula is C28H24N2O5. The van der Waals surface area contributed by atoms with Gasteiger partial charge in [0.1, 0.15) is 6.10 Å². The number of anilines is 1. The number of aromatic nitrogens is 1.